The van der Waals surface area contributed by atoms with Crippen molar-refractivity contribution in [3.8, 4) is 0 Å². The first-order chi connectivity index (χ1) is 6.38. The van der Waals surface area contributed by atoms with Gasteiger partial charge in [0.15, 0.2) is 0 Å². The fraction of sp³-hybridized carbons (Fsp3) is 0.500. The molecule has 0 aromatic carbocycles. The fourth-order valence-corrected chi connectivity index (χ4v) is 2.55. The van der Waals surface area contributed by atoms with E-state index in [-0.39, 0.29) is 0 Å². The Hall–Kier alpha value is -0.430. The molecule has 0 spiro atoms. The summed E-state index contributed by atoms with van der Waals surface area (Å²) in [6.07, 6.45) is 12.7. The molecule has 1 fully saturated rings. The molecular weight excluding hydrogens is 176 g/mol. The summed E-state index contributed by atoms with van der Waals surface area (Å²) in [6, 6.07) is 0. The second-order valence-corrected chi connectivity index (χ2v) is 4.31. The summed E-state index contributed by atoms with van der Waals surface area (Å²) in [5.74, 6) is 1.28. The van der Waals surface area contributed by atoms with E-state index in [1.165, 1.54) is 35.5 Å². The summed E-state index contributed by atoms with van der Waals surface area (Å²) in [7, 11) is 0. The maximum absolute atomic E-state index is 2.26. The maximum atomic E-state index is 2.26. The van der Waals surface area contributed by atoms with Crippen molar-refractivity contribution in [3.05, 3.63) is 34.8 Å². The summed E-state index contributed by atoms with van der Waals surface area (Å²) >= 11 is 2.00. The highest BCUT2D eigenvalue weighted by molar-refractivity contribution is 8.03. The molecule has 0 atom stereocenters. The molecule has 0 nitrogen and oxygen atoms in total. The molecular formula is C12H18S. The number of thioether (sulfide) groups is 1. The van der Waals surface area contributed by atoms with E-state index in [0.29, 0.717) is 0 Å². The number of allylic oxidation sites excluding steroid dienone is 5. The average molecular weight is 194 g/mol. The topological polar surface area (TPSA) is 0 Å². The molecule has 13 heavy (non-hydrogen) atoms. The summed E-state index contributed by atoms with van der Waals surface area (Å²) in [5.41, 5.74) is 1.52. The van der Waals surface area contributed by atoms with Crippen LogP contribution < -0.4 is 0 Å². The van der Waals surface area contributed by atoms with Gasteiger partial charge in [-0.2, -0.15) is 0 Å². The third-order valence-corrected chi connectivity index (χ3v) is 3.47. The van der Waals surface area contributed by atoms with Crippen LogP contribution in [0.4, 0.5) is 0 Å². The van der Waals surface area contributed by atoms with E-state index in [4.69, 9.17) is 0 Å². The SMILES string of the molecule is C\C=C/C=C1/CCCCS/C1=C/C. The fourth-order valence-electron chi connectivity index (χ4n) is 1.46. The van der Waals surface area contributed by atoms with Crippen molar-refractivity contribution >= 4 is 11.8 Å². The molecule has 0 saturated carbocycles. The van der Waals surface area contributed by atoms with E-state index in [1.807, 2.05) is 11.8 Å². The Morgan fingerprint density at radius 2 is 2.08 bits per heavy atom. The van der Waals surface area contributed by atoms with Crippen molar-refractivity contribution in [2.75, 3.05) is 5.75 Å². The lowest BCUT2D eigenvalue weighted by molar-refractivity contribution is 0.813. The molecule has 0 N–H and O–H groups in total. The van der Waals surface area contributed by atoms with Crippen LogP contribution in [0.3, 0.4) is 0 Å². The summed E-state index contributed by atoms with van der Waals surface area (Å²) < 4.78 is 0. The largest absolute Gasteiger partial charge is 0.126 e. The predicted octanol–water partition coefficient (Wildman–Crippen LogP) is 4.31. The van der Waals surface area contributed by atoms with Gasteiger partial charge in [-0.15, -0.1) is 11.8 Å². The Labute approximate surface area is 85.8 Å². The van der Waals surface area contributed by atoms with Crippen LogP contribution >= 0.6 is 11.8 Å². The van der Waals surface area contributed by atoms with Gasteiger partial charge in [0.05, 0.1) is 0 Å². The van der Waals surface area contributed by atoms with Gasteiger partial charge in [-0.05, 0) is 44.4 Å². The highest BCUT2D eigenvalue weighted by Crippen LogP contribution is 2.32. The van der Waals surface area contributed by atoms with Crippen LogP contribution in [-0.2, 0) is 0 Å². The molecule has 0 bridgehead atoms. The van der Waals surface area contributed by atoms with Crippen LogP contribution in [0.5, 0.6) is 0 Å². The normalized spacial score (nSPS) is 25.7. The molecule has 0 aromatic rings. The predicted molar refractivity (Wildman–Crippen MR) is 63.0 cm³/mol. The maximum Gasteiger partial charge on any atom is 0.00613 e. The zero-order chi connectivity index (χ0) is 9.52. The van der Waals surface area contributed by atoms with Gasteiger partial charge in [-0.25, -0.2) is 0 Å². The van der Waals surface area contributed by atoms with E-state index in [9.17, 15) is 0 Å². The molecule has 1 heterocycles. The van der Waals surface area contributed by atoms with Crippen LogP contribution in [0.15, 0.2) is 34.8 Å². The van der Waals surface area contributed by atoms with Gasteiger partial charge in [-0.1, -0.05) is 24.3 Å². The van der Waals surface area contributed by atoms with Gasteiger partial charge < -0.3 is 0 Å². The lowest BCUT2D eigenvalue weighted by atomic mass is 10.1. The minimum Gasteiger partial charge on any atom is -0.126 e. The first-order valence-electron chi connectivity index (χ1n) is 5.00. The molecule has 0 aromatic heterocycles. The summed E-state index contributed by atoms with van der Waals surface area (Å²) in [5, 5.41) is 0. The zero-order valence-corrected chi connectivity index (χ0v) is 9.36. The van der Waals surface area contributed by atoms with Crippen molar-refractivity contribution in [2.45, 2.75) is 33.1 Å². The summed E-state index contributed by atoms with van der Waals surface area (Å²) in [4.78, 5) is 1.48. The standard InChI is InChI=1S/C12H18S/c1-3-5-8-11-9-6-7-10-13-12(11)4-2/h3-5,8H,6-7,9-10H2,1-2H3/b5-3-,11-8-,12-4+. The van der Waals surface area contributed by atoms with Crippen LogP contribution in [0.25, 0.3) is 0 Å². The zero-order valence-electron chi connectivity index (χ0n) is 8.55. The molecule has 1 aliphatic rings. The van der Waals surface area contributed by atoms with Gasteiger partial charge in [-0.3, -0.25) is 0 Å². The van der Waals surface area contributed by atoms with Gasteiger partial charge >= 0.3 is 0 Å². The van der Waals surface area contributed by atoms with Crippen LogP contribution in [0.1, 0.15) is 33.1 Å². The Kier molecular flexibility index (Phi) is 4.99. The van der Waals surface area contributed by atoms with Crippen LogP contribution in [0, 0.1) is 0 Å². The van der Waals surface area contributed by atoms with Crippen molar-refractivity contribution in [1.29, 1.82) is 0 Å². The van der Waals surface area contributed by atoms with E-state index >= 15 is 0 Å². The lowest BCUT2D eigenvalue weighted by Gasteiger charge is -2.04. The first-order valence-corrected chi connectivity index (χ1v) is 5.98. The lowest BCUT2D eigenvalue weighted by Crippen LogP contribution is -1.82. The highest BCUT2D eigenvalue weighted by atomic mass is 32.2. The molecule has 1 aliphatic heterocycles. The molecule has 0 aliphatic carbocycles. The van der Waals surface area contributed by atoms with Crippen molar-refractivity contribution < 1.29 is 0 Å². The Morgan fingerprint density at radius 3 is 2.77 bits per heavy atom. The van der Waals surface area contributed by atoms with Gasteiger partial charge in [0.2, 0.25) is 0 Å². The number of hydrogen-bond acceptors (Lipinski definition) is 1. The monoisotopic (exact) mass is 194 g/mol. The second-order valence-electron chi connectivity index (χ2n) is 3.18. The quantitative estimate of drug-likeness (QED) is 0.599. The molecule has 1 rings (SSSR count). The number of rotatable bonds is 1. The molecule has 0 unspecified atom stereocenters. The third kappa shape index (κ3) is 3.43. The number of hydrogen-bond donors (Lipinski definition) is 0. The Balaban J connectivity index is 2.76. The van der Waals surface area contributed by atoms with E-state index in [0.717, 1.165) is 0 Å². The molecule has 1 heteroatoms. The van der Waals surface area contributed by atoms with Gasteiger partial charge in [0.25, 0.3) is 0 Å². The van der Waals surface area contributed by atoms with E-state index in [2.05, 4.69) is 38.2 Å². The van der Waals surface area contributed by atoms with Crippen LogP contribution in [-0.4, -0.2) is 5.75 Å². The first kappa shape index (κ1) is 10.6. The smallest absolute Gasteiger partial charge is 0.00613 e. The van der Waals surface area contributed by atoms with Gasteiger partial charge in [0, 0.05) is 4.91 Å². The van der Waals surface area contributed by atoms with Crippen LogP contribution in [0.2, 0.25) is 0 Å². The summed E-state index contributed by atoms with van der Waals surface area (Å²) in [6.45, 7) is 4.20. The molecule has 72 valence electrons. The molecule has 1 saturated heterocycles. The Morgan fingerprint density at radius 1 is 1.23 bits per heavy atom. The van der Waals surface area contributed by atoms with Crippen molar-refractivity contribution in [2.24, 2.45) is 0 Å². The molecule has 0 amide bonds. The van der Waals surface area contributed by atoms with Crippen molar-refractivity contribution in [3.63, 3.8) is 0 Å². The van der Waals surface area contributed by atoms with Gasteiger partial charge in [0.1, 0.15) is 0 Å². The van der Waals surface area contributed by atoms with E-state index in [1.54, 1.807) is 0 Å². The van der Waals surface area contributed by atoms with Crippen molar-refractivity contribution in [1.82, 2.24) is 0 Å². The minimum absolute atomic E-state index is 1.25. The Bertz CT molecular complexity index is 234. The minimum atomic E-state index is 1.25. The highest BCUT2D eigenvalue weighted by Gasteiger charge is 2.08. The third-order valence-electron chi connectivity index (χ3n) is 2.17. The second kappa shape index (κ2) is 6.09. The average Bonchev–Trinajstić information content (AvgIpc) is 2.39. The molecule has 0 radical (unpaired) electrons. The van der Waals surface area contributed by atoms with E-state index < -0.39 is 0 Å².